The summed E-state index contributed by atoms with van der Waals surface area (Å²) in [7, 11) is 0. The Bertz CT molecular complexity index is 1760. The molecule has 0 radical (unpaired) electrons. The van der Waals surface area contributed by atoms with E-state index in [0.29, 0.717) is 12.5 Å². The highest BCUT2D eigenvalue weighted by Crippen LogP contribution is 2.35. The average Bonchev–Trinajstić information content (AvgIpc) is 3.82. The number of hydrogen-bond acceptors (Lipinski definition) is 5. The number of H-pyrrole nitrogens is 2. The number of rotatable bonds is 5. The zero-order valence-corrected chi connectivity index (χ0v) is 25.1. The van der Waals surface area contributed by atoms with E-state index in [4.69, 9.17) is 9.72 Å². The summed E-state index contributed by atoms with van der Waals surface area (Å²) in [6.45, 7) is 6.34. The van der Waals surface area contributed by atoms with Crippen LogP contribution in [0.2, 0.25) is 0 Å². The van der Waals surface area contributed by atoms with Crippen LogP contribution in [-0.4, -0.2) is 48.1 Å². The zero-order valence-electron chi connectivity index (χ0n) is 25.1. The number of nitrogens with one attached hydrogen (secondary N) is 2. The molecule has 1 amide bonds. The predicted octanol–water partition coefficient (Wildman–Crippen LogP) is 8.41. The average molecular weight is 575 g/mol. The summed E-state index contributed by atoms with van der Waals surface area (Å²) < 4.78 is 5.62. The number of benzene rings is 2. The third-order valence-corrected chi connectivity index (χ3v) is 8.65. The molecule has 2 aliphatic rings. The van der Waals surface area contributed by atoms with Gasteiger partial charge in [0.2, 0.25) is 0 Å². The van der Waals surface area contributed by atoms with Gasteiger partial charge in [0.15, 0.2) is 0 Å². The topological polar surface area (TPSA) is 99.8 Å². The minimum atomic E-state index is -0.529. The van der Waals surface area contributed by atoms with Crippen LogP contribution in [0.3, 0.4) is 0 Å². The lowest BCUT2D eigenvalue weighted by Crippen LogP contribution is -2.36. The molecule has 1 atom stereocenters. The molecule has 3 aromatic heterocycles. The van der Waals surface area contributed by atoms with Crippen LogP contribution in [0.1, 0.15) is 82.9 Å². The van der Waals surface area contributed by atoms with Crippen molar-refractivity contribution >= 4 is 16.9 Å². The second-order valence-electron chi connectivity index (χ2n) is 12.9. The molecule has 0 bridgehead atoms. The Morgan fingerprint density at radius 1 is 0.767 bits per heavy atom. The number of carbonyl (C=O) groups excluding carboxylic acids is 1. The number of aromatic nitrogens is 5. The molecule has 1 saturated carbocycles. The van der Waals surface area contributed by atoms with Crippen molar-refractivity contribution in [3.8, 4) is 33.8 Å². The molecule has 2 fully saturated rings. The normalized spacial score (nSPS) is 17.7. The standard InChI is InChI=1S/C35H38N6O2/c1-35(2,3)43-34(42)41-16-6-9-31(41)33-38-21-30(40-33)27-14-15-28(36-19-27)25-12-10-24-18-26(13-11-23(24)17-25)29-20-37-32(39-29)22-7-4-5-8-22/h10-15,17-22,31H,4-9,16H2,1-3H3,(H,37,39)(H,38,40). The lowest BCUT2D eigenvalue weighted by atomic mass is 10.0. The van der Waals surface area contributed by atoms with Crippen LogP contribution in [0.4, 0.5) is 4.79 Å². The molecule has 1 unspecified atom stereocenters. The van der Waals surface area contributed by atoms with Gasteiger partial charge in [0.25, 0.3) is 0 Å². The predicted molar refractivity (Wildman–Crippen MR) is 168 cm³/mol. The Balaban J connectivity index is 1.06. The van der Waals surface area contributed by atoms with E-state index in [0.717, 1.165) is 58.3 Å². The maximum Gasteiger partial charge on any atom is 0.410 e. The number of pyridine rings is 1. The van der Waals surface area contributed by atoms with Crippen LogP contribution in [0.5, 0.6) is 0 Å². The van der Waals surface area contributed by atoms with Crippen molar-refractivity contribution in [2.45, 2.75) is 76.9 Å². The van der Waals surface area contributed by atoms with Crippen LogP contribution < -0.4 is 0 Å². The molecule has 2 N–H and O–H groups in total. The third kappa shape index (κ3) is 5.66. The molecule has 4 heterocycles. The van der Waals surface area contributed by atoms with Gasteiger partial charge in [-0.05, 0) is 81.5 Å². The number of fused-ring (bicyclic) bond motifs is 1. The van der Waals surface area contributed by atoms with Gasteiger partial charge in [0, 0.05) is 35.3 Å². The minimum Gasteiger partial charge on any atom is -0.444 e. The molecule has 8 heteroatoms. The lowest BCUT2D eigenvalue weighted by molar-refractivity contribution is 0.0218. The first-order valence-corrected chi connectivity index (χ1v) is 15.4. The first-order valence-electron chi connectivity index (χ1n) is 15.4. The van der Waals surface area contributed by atoms with Crippen LogP contribution >= 0.6 is 0 Å². The molecule has 7 rings (SSSR count). The van der Waals surface area contributed by atoms with Crippen molar-refractivity contribution in [1.82, 2.24) is 29.8 Å². The maximum atomic E-state index is 12.8. The van der Waals surface area contributed by atoms with E-state index in [9.17, 15) is 4.79 Å². The lowest BCUT2D eigenvalue weighted by Gasteiger charge is -2.27. The van der Waals surface area contributed by atoms with Crippen molar-refractivity contribution in [3.05, 3.63) is 78.8 Å². The molecule has 220 valence electrons. The molecule has 2 aromatic carbocycles. The summed E-state index contributed by atoms with van der Waals surface area (Å²) in [5.41, 5.74) is 5.52. The van der Waals surface area contributed by atoms with Gasteiger partial charge in [-0.15, -0.1) is 0 Å². The van der Waals surface area contributed by atoms with Crippen LogP contribution in [0.15, 0.2) is 67.1 Å². The second-order valence-corrected chi connectivity index (χ2v) is 12.9. The van der Waals surface area contributed by atoms with E-state index in [1.54, 1.807) is 4.90 Å². The SMILES string of the molecule is CC(C)(C)OC(=O)N1CCCC1c1ncc(-c2ccc(-c3ccc4cc(-c5cnc(C6CCCC6)[nH]5)ccc4c3)nc2)[nH]1. The summed E-state index contributed by atoms with van der Waals surface area (Å²) in [4.78, 5) is 35.6. The van der Waals surface area contributed by atoms with E-state index in [1.165, 1.54) is 36.5 Å². The summed E-state index contributed by atoms with van der Waals surface area (Å²) in [6.07, 6.45) is 12.2. The van der Waals surface area contributed by atoms with Crippen LogP contribution in [-0.2, 0) is 4.74 Å². The van der Waals surface area contributed by atoms with Gasteiger partial charge in [0.05, 0.1) is 35.5 Å². The van der Waals surface area contributed by atoms with Gasteiger partial charge < -0.3 is 14.7 Å². The van der Waals surface area contributed by atoms with Gasteiger partial charge in [-0.3, -0.25) is 9.88 Å². The molecule has 1 aliphatic carbocycles. The van der Waals surface area contributed by atoms with Gasteiger partial charge in [0.1, 0.15) is 17.2 Å². The van der Waals surface area contributed by atoms with E-state index < -0.39 is 5.60 Å². The van der Waals surface area contributed by atoms with Crippen molar-refractivity contribution in [2.24, 2.45) is 0 Å². The van der Waals surface area contributed by atoms with Crippen molar-refractivity contribution in [3.63, 3.8) is 0 Å². The van der Waals surface area contributed by atoms with Crippen molar-refractivity contribution < 1.29 is 9.53 Å². The molecule has 0 spiro atoms. The molecular weight excluding hydrogens is 536 g/mol. The van der Waals surface area contributed by atoms with E-state index >= 15 is 0 Å². The first kappa shape index (κ1) is 27.4. The Morgan fingerprint density at radius 2 is 1.42 bits per heavy atom. The van der Waals surface area contributed by atoms with Crippen molar-refractivity contribution in [1.29, 1.82) is 0 Å². The number of hydrogen-bond donors (Lipinski definition) is 2. The largest absolute Gasteiger partial charge is 0.444 e. The third-order valence-electron chi connectivity index (χ3n) is 8.65. The number of likely N-dealkylation sites (tertiary alicyclic amines) is 1. The van der Waals surface area contributed by atoms with Crippen molar-refractivity contribution in [2.75, 3.05) is 6.54 Å². The molecular formula is C35H38N6O2. The Morgan fingerprint density at radius 3 is 2.14 bits per heavy atom. The number of imidazole rings is 2. The quantitative estimate of drug-likeness (QED) is 0.219. The molecule has 5 aromatic rings. The highest BCUT2D eigenvalue weighted by molar-refractivity contribution is 5.90. The minimum absolute atomic E-state index is 0.114. The highest BCUT2D eigenvalue weighted by atomic mass is 16.6. The molecule has 43 heavy (non-hydrogen) atoms. The molecule has 8 nitrogen and oxygen atoms in total. The highest BCUT2D eigenvalue weighted by Gasteiger charge is 2.34. The van der Waals surface area contributed by atoms with E-state index in [-0.39, 0.29) is 12.1 Å². The fourth-order valence-corrected chi connectivity index (χ4v) is 6.43. The Hall–Kier alpha value is -4.46. The summed E-state index contributed by atoms with van der Waals surface area (Å²) in [6, 6.07) is 17.0. The van der Waals surface area contributed by atoms with Gasteiger partial charge in [-0.25, -0.2) is 14.8 Å². The molecule has 1 saturated heterocycles. The van der Waals surface area contributed by atoms with Crippen LogP contribution in [0.25, 0.3) is 44.5 Å². The number of aromatic amines is 2. The summed E-state index contributed by atoms with van der Waals surface area (Å²) in [5, 5.41) is 2.36. The first-order chi connectivity index (χ1) is 20.8. The number of nitrogens with zero attached hydrogens (tertiary/aromatic N) is 4. The monoisotopic (exact) mass is 574 g/mol. The smallest absolute Gasteiger partial charge is 0.410 e. The number of amides is 1. The Kier molecular flexibility index (Phi) is 7.00. The zero-order chi connectivity index (χ0) is 29.6. The van der Waals surface area contributed by atoms with E-state index in [2.05, 4.69) is 62.4 Å². The van der Waals surface area contributed by atoms with Gasteiger partial charge >= 0.3 is 6.09 Å². The number of carbonyl (C=O) groups is 1. The molecule has 1 aliphatic heterocycles. The van der Waals surface area contributed by atoms with Gasteiger partial charge in [-0.2, -0.15) is 0 Å². The second kappa shape index (κ2) is 11.0. The summed E-state index contributed by atoms with van der Waals surface area (Å²) >= 11 is 0. The fraction of sp³-hybridized carbons (Fsp3) is 0.371. The Labute approximate surface area is 251 Å². The number of ether oxygens (including phenoxy) is 1. The summed E-state index contributed by atoms with van der Waals surface area (Å²) in [5.74, 6) is 2.49. The van der Waals surface area contributed by atoms with E-state index in [1.807, 2.05) is 45.4 Å². The maximum absolute atomic E-state index is 12.8. The van der Waals surface area contributed by atoms with Gasteiger partial charge in [-0.1, -0.05) is 37.1 Å². The van der Waals surface area contributed by atoms with Crippen LogP contribution in [0, 0.1) is 0 Å². The fourth-order valence-electron chi connectivity index (χ4n) is 6.43.